The van der Waals surface area contributed by atoms with Crippen molar-refractivity contribution in [2.45, 2.75) is 19.4 Å². The SMILES string of the molecule is Cn1cnc(CNC(=O)CCc2c[nH]c3ccccc23)n1. The van der Waals surface area contributed by atoms with E-state index in [0.717, 1.165) is 11.1 Å². The average molecular weight is 283 g/mol. The van der Waals surface area contributed by atoms with Gasteiger partial charge >= 0.3 is 0 Å². The third-order valence-corrected chi connectivity index (χ3v) is 3.39. The Morgan fingerprint density at radius 1 is 1.38 bits per heavy atom. The van der Waals surface area contributed by atoms with Crippen LogP contribution in [0.3, 0.4) is 0 Å². The minimum Gasteiger partial charge on any atom is -0.361 e. The largest absolute Gasteiger partial charge is 0.361 e. The molecule has 0 aliphatic carbocycles. The van der Waals surface area contributed by atoms with E-state index in [0.29, 0.717) is 25.2 Å². The van der Waals surface area contributed by atoms with Crippen LogP contribution >= 0.6 is 0 Å². The Morgan fingerprint density at radius 3 is 3.05 bits per heavy atom. The van der Waals surface area contributed by atoms with Crippen LogP contribution in [0.4, 0.5) is 0 Å². The molecular weight excluding hydrogens is 266 g/mol. The second-order valence-electron chi connectivity index (χ2n) is 4.97. The van der Waals surface area contributed by atoms with E-state index in [1.165, 1.54) is 5.39 Å². The number of carbonyl (C=O) groups excluding carboxylic acids is 1. The molecule has 2 N–H and O–H groups in total. The van der Waals surface area contributed by atoms with Crippen LogP contribution in [0.2, 0.25) is 0 Å². The molecular formula is C15H17N5O. The van der Waals surface area contributed by atoms with Gasteiger partial charge < -0.3 is 10.3 Å². The number of nitrogens with zero attached hydrogens (tertiary/aromatic N) is 3. The zero-order valence-corrected chi connectivity index (χ0v) is 11.8. The van der Waals surface area contributed by atoms with Gasteiger partial charge in [-0.15, -0.1) is 0 Å². The van der Waals surface area contributed by atoms with Crippen molar-refractivity contribution in [3.05, 3.63) is 48.2 Å². The van der Waals surface area contributed by atoms with Crippen LogP contribution in [0.25, 0.3) is 10.9 Å². The normalized spacial score (nSPS) is 10.9. The first-order valence-electron chi connectivity index (χ1n) is 6.88. The lowest BCUT2D eigenvalue weighted by Crippen LogP contribution is -2.23. The Morgan fingerprint density at radius 2 is 2.24 bits per heavy atom. The Kier molecular flexibility index (Phi) is 3.68. The molecule has 0 aliphatic rings. The molecule has 3 rings (SSSR count). The topological polar surface area (TPSA) is 75.6 Å². The number of hydrogen-bond acceptors (Lipinski definition) is 3. The van der Waals surface area contributed by atoms with E-state index in [-0.39, 0.29) is 5.91 Å². The first kappa shape index (κ1) is 13.4. The Hall–Kier alpha value is -2.63. The van der Waals surface area contributed by atoms with Crippen molar-refractivity contribution in [1.82, 2.24) is 25.1 Å². The minimum atomic E-state index is 0.00716. The Labute approximate surface area is 122 Å². The van der Waals surface area contributed by atoms with Gasteiger partial charge in [0.05, 0.1) is 6.54 Å². The highest BCUT2D eigenvalue weighted by molar-refractivity contribution is 5.84. The molecule has 0 unspecified atom stereocenters. The molecule has 2 aromatic heterocycles. The third-order valence-electron chi connectivity index (χ3n) is 3.39. The lowest BCUT2D eigenvalue weighted by Gasteiger charge is -2.02. The molecule has 108 valence electrons. The van der Waals surface area contributed by atoms with Crippen LogP contribution in [0.1, 0.15) is 17.8 Å². The number of rotatable bonds is 5. The van der Waals surface area contributed by atoms with E-state index in [9.17, 15) is 4.79 Å². The summed E-state index contributed by atoms with van der Waals surface area (Å²) in [5.41, 5.74) is 2.27. The summed E-state index contributed by atoms with van der Waals surface area (Å²) in [6.45, 7) is 0.369. The number of aromatic amines is 1. The number of nitrogens with one attached hydrogen (secondary N) is 2. The molecule has 0 atom stereocenters. The molecule has 6 heteroatoms. The van der Waals surface area contributed by atoms with Crippen molar-refractivity contribution in [2.75, 3.05) is 0 Å². The number of H-pyrrole nitrogens is 1. The van der Waals surface area contributed by atoms with E-state index < -0.39 is 0 Å². The van der Waals surface area contributed by atoms with Crippen LogP contribution in [0, 0.1) is 0 Å². The van der Waals surface area contributed by atoms with Crippen LogP contribution in [-0.2, 0) is 24.8 Å². The Bertz CT molecular complexity index is 758. The number of aromatic nitrogens is 4. The molecule has 6 nitrogen and oxygen atoms in total. The maximum Gasteiger partial charge on any atom is 0.220 e. The molecule has 1 amide bonds. The smallest absolute Gasteiger partial charge is 0.220 e. The van der Waals surface area contributed by atoms with Gasteiger partial charge in [-0.1, -0.05) is 18.2 Å². The van der Waals surface area contributed by atoms with Gasteiger partial charge in [-0.05, 0) is 18.1 Å². The van der Waals surface area contributed by atoms with E-state index in [1.54, 1.807) is 18.1 Å². The van der Waals surface area contributed by atoms with E-state index >= 15 is 0 Å². The number of benzene rings is 1. The molecule has 0 aliphatic heterocycles. The second-order valence-corrected chi connectivity index (χ2v) is 4.97. The number of para-hydroxylation sites is 1. The number of fused-ring (bicyclic) bond motifs is 1. The molecule has 2 heterocycles. The summed E-state index contributed by atoms with van der Waals surface area (Å²) in [7, 11) is 1.80. The second kappa shape index (κ2) is 5.78. The Balaban J connectivity index is 1.54. The monoisotopic (exact) mass is 283 g/mol. The predicted octanol–water partition coefficient (Wildman–Crippen LogP) is 1.55. The van der Waals surface area contributed by atoms with Crippen molar-refractivity contribution in [3.8, 4) is 0 Å². The van der Waals surface area contributed by atoms with Gasteiger partial charge in [-0.3, -0.25) is 9.48 Å². The van der Waals surface area contributed by atoms with Gasteiger partial charge in [-0.2, -0.15) is 5.10 Å². The molecule has 21 heavy (non-hydrogen) atoms. The lowest BCUT2D eigenvalue weighted by molar-refractivity contribution is -0.121. The summed E-state index contributed by atoms with van der Waals surface area (Å²) in [4.78, 5) is 19.2. The van der Waals surface area contributed by atoms with Crippen LogP contribution in [0.5, 0.6) is 0 Å². The third kappa shape index (κ3) is 3.10. The number of amides is 1. The van der Waals surface area contributed by atoms with Gasteiger partial charge in [0.2, 0.25) is 5.91 Å². The van der Waals surface area contributed by atoms with Crippen LogP contribution in [0.15, 0.2) is 36.8 Å². The molecule has 0 spiro atoms. The predicted molar refractivity (Wildman–Crippen MR) is 79.5 cm³/mol. The van der Waals surface area contributed by atoms with Crippen molar-refractivity contribution in [2.24, 2.45) is 7.05 Å². The fraction of sp³-hybridized carbons (Fsp3) is 0.267. The number of hydrogen-bond donors (Lipinski definition) is 2. The van der Waals surface area contributed by atoms with Crippen molar-refractivity contribution in [3.63, 3.8) is 0 Å². The summed E-state index contributed by atoms with van der Waals surface area (Å²) in [6.07, 6.45) is 4.76. The van der Waals surface area contributed by atoms with Gasteiger partial charge in [0.15, 0.2) is 5.82 Å². The van der Waals surface area contributed by atoms with Gasteiger partial charge in [-0.25, -0.2) is 4.98 Å². The zero-order chi connectivity index (χ0) is 14.7. The highest BCUT2D eigenvalue weighted by Crippen LogP contribution is 2.18. The maximum absolute atomic E-state index is 11.9. The summed E-state index contributed by atoms with van der Waals surface area (Å²) in [6, 6.07) is 8.10. The molecule has 0 bridgehead atoms. The quantitative estimate of drug-likeness (QED) is 0.746. The summed E-state index contributed by atoms with van der Waals surface area (Å²) in [5, 5.41) is 8.13. The highest BCUT2D eigenvalue weighted by Gasteiger charge is 2.07. The fourth-order valence-corrected chi connectivity index (χ4v) is 2.32. The van der Waals surface area contributed by atoms with Gasteiger partial charge in [0, 0.05) is 30.6 Å². The van der Waals surface area contributed by atoms with Crippen LogP contribution < -0.4 is 5.32 Å². The summed E-state index contributed by atoms with van der Waals surface area (Å²) >= 11 is 0. The maximum atomic E-state index is 11.9. The first-order valence-corrected chi connectivity index (χ1v) is 6.88. The fourth-order valence-electron chi connectivity index (χ4n) is 2.32. The van der Waals surface area contributed by atoms with Crippen molar-refractivity contribution in [1.29, 1.82) is 0 Å². The van der Waals surface area contributed by atoms with E-state index in [4.69, 9.17) is 0 Å². The molecule has 0 radical (unpaired) electrons. The molecule has 0 saturated carbocycles. The standard InChI is InChI=1S/C15H17N5O/c1-20-10-18-14(19-20)9-17-15(21)7-6-11-8-16-13-5-3-2-4-12(11)13/h2-5,8,10,16H,6-7,9H2,1H3,(H,17,21). The molecule has 1 aromatic carbocycles. The average Bonchev–Trinajstić information content (AvgIpc) is 3.09. The van der Waals surface area contributed by atoms with Gasteiger partial charge in [0.25, 0.3) is 0 Å². The zero-order valence-electron chi connectivity index (χ0n) is 11.8. The molecule has 0 fully saturated rings. The van der Waals surface area contributed by atoms with Crippen LogP contribution in [-0.4, -0.2) is 25.7 Å². The van der Waals surface area contributed by atoms with E-state index in [2.05, 4.69) is 26.4 Å². The van der Waals surface area contributed by atoms with Crippen molar-refractivity contribution >= 4 is 16.8 Å². The highest BCUT2D eigenvalue weighted by atomic mass is 16.1. The summed E-state index contributed by atoms with van der Waals surface area (Å²) in [5.74, 6) is 0.630. The van der Waals surface area contributed by atoms with Gasteiger partial charge in [0.1, 0.15) is 6.33 Å². The molecule has 3 aromatic rings. The lowest BCUT2D eigenvalue weighted by atomic mass is 10.1. The number of carbonyl (C=O) groups is 1. The van der Waals surface area contributed by atoms with E-state index in [1.807, 2.05) is 24.4 Å². The first-order chi connectivity index (χ1) is 10.2. The number of aryl methyl sites for hydroxylation is 2. The van der Waals surface area contributed by atoms with Crippen molar-refractivity contribution < 1.29 is 4.79 Å². The molecule has 0 saturated heterocycles. The summed E-state index contributed by atoms with van der Waals surface area (Å²) < 4.78 is 1.62. The minimum absolute atomic E-state index is 0.00716.